The first-order chi connectivity index (χ1) is 13.3. The highest BCUT2D eigenvalue weighted by atomic mass is 32.1. The third kappa shape index (κ3) is 4.89. The van der Waals surface area contributed by atoms with Gasteiger partial charge < -0.3 is 10.6 Å². The average Bonchev–Trinajstić information content (AvgIpc) is 3.24. The molecule has 0 radical (unpaired) electrons. The number of hydrogen-bond acceptors (Lipinski definition) is 4. The molecule has 2 saturated carbocycles. The van der Waals surface area contributed by atoms with Gasteiger partial charge in [-0.1, -0.05) is 6.42 Å². The fourth-order valence-electron chi connectivity index (χ4n) is 4.24. The largest absolute Gasteiger partial charge is 0.401 e. The van der Waals surface area contributed by atoms with E-state index in [9.17, 15) is 18.0 Å². The summed E-state index contributed by atoms with van der Waals surface area (Å²) in [7, 11) is 0. The number of carbonyl (C=O) groups is 1. The molecule has 1 saturated heterocycles. The maximum absolute atomic E-state index is 12.7. The highest BCUT2D eigenvalue weighted by molar-refractivity contribution is 7.12. The second-order valence-corrected chi connectivity index (χ2v) is 9.79. The lowest BCUT2D eigenvalue weighted by atomic mass is 9.93. The summed E-state index contributed by atoms with van der Waals surface area (Å²) in [6.07, 6.45) is 2.00. The Labute approximate surface area is 167 Å². The molecule has 28 heavy (non-hydrogen) atoms. The number of thiophene rings is 1. The first-order valence-corrected chi connectivity index (χ1v) is 11.1. The maximum Gasteiger partial charge on any atom is 0.401 e. The smallest absolute Gasteiger partial charge is 0.349 e. The van der Waals surface area contributed by atoms with E-state index in [2.05, 4.69) is 10.6 Å². The molecule has 8 heteroatoms. The van der Waals surface area contributed by atoms with E-state index in [1.807, 2.05) is 13.0 Å². The summed E-state index contributed by atoms with van der Waals surface area (Å²) in [6.45, 7) is 1.85. The van der Waals surface area contributed by atoms with Crippen molar-refractivity contribution in [2.75, 3.05) is 19.6 Å². The Morgan fingerprint density at radius 1 is 1.21 bits per heavy atom. The second-order valence-electron chi connectivity index (χ2n) is 8.50. The molecule has 2 atom stereocenters. The lowest BCUT2D eigenvalue weighted by molar-refractivity contribution is -0.148. The quantitative estimate of drug-likeness (QED) is 0.743. The van der Waals surface area contributed by atoms with E-state index in [0.29, 0.717) is 43.9 Å². The number of halogens is 3. The zero-order chi connectivity index (χ0) is 19.9. The highest BCUT2D eigenvalue weighted by Crippen LogP contribution is 2.45. The maximum atomic E-state index is 12.7. The van der Waals surface area contributed by atoms with Crippen molar-refractivity contribution in [2.45, 2.75) is 75.7 Å². The number of amides is 1. The van der Waals surface area contributed by atoms with Crippen molar-refractivity contribution in [1.82, 2.24) is 15.5 Å². The van der Waals surface area contributed by atoms with Gasteiger partial charge in [0.25, 0.3) is 5.91 Å². The zero-order valence-electron chi connectivity index (χ0n) is 16.1. The molecule has 156 valence electrons. The van der Waals surface area contributed by atoms with Crippen molar-refractivity contribution in [3.63, 3.8) is 0 Å². The number of carbonyl (C=O) groups excluding carboxylic acids is 1. The molecular formula is C20H28F3N3OS. The van der Waals surface area contributed by atoms with Crippen molar-refractivity contribution in [1.29, 1.82) is 0 Å². The summed E-state index contributed by atoms with van der Waals surface area (Å²) in [5, 5.41) is 6.74. The molecule has 0 aromatic carbocycles. The van der Waals surface area contributed by atoms with Gasteiger partial charge in [0.1, 0.15) is 0 Å². The van der Waals surface area contributed by atoms with Gasteiger partial charge >= 0.3 is 6.18 Å². The van der Waals surface area contributed by atoms with Crippen molar-refractivity contribution in [3.8, 4) is 0 Å². The molecule has 1 aliphatic heterocycles. The standard InChI is InChI=1S/C20H28F3N3OS/c1-12-15(10-18(28-12)16-9-17(16)24-13-3-2-4-13)19(27)25-14-5-7-26(8-6-14)11-20(21,22)23/h10,13-14,16-17,24H,2-9,11H2,1H3,(H,25,27). The van der Waals surface area contributed by atoms with Crippen LogP contribution in [0.3, 0.4) is 0 Å². The number of aryl methyl sites for hydroxylation is 1. The van der Waals surface area contributed by atoms with Crippen LogP contribution in [0.5, 0.6) is 0 Å². The van der Waals surface area contributed by atoms with E-state index in [-0.39, 0.29) is 11.9 Å². The summed E-state index contributed by atoms with van der Waals surface area (Å²) >= 11 is 1.70. The Hall–Kier alpha value is -1.12. The Bertz CT molecular complexity index is 708. The SMILES string of the molecule is Cc1sc(C2CC2NC2CCC2)cc1C(=O)NC1CCN(CC(F)(F)F)CC1. The molecule has 2 unspecified atom stereocenters. The molecule has 4 nitrogen and oxygen atoms in total. The lowest BCUT2D eigenvalue weighted by Gasteiger charge is -2.32. The minimum atomic E-state index is -4.16. The fraction of sp³-hybridized carbons (Fsp3) is 0.750. The molecule has 2 N–H and O–H groups in total. The average molecular weight is 416 g/mol. The first kappa shape index (κ1) is 20.2. The lowest BCUT2D eigenvalue weighted by Crippen LogP contribution is -2.47. The molecule has 4 rings (SSSR count). The van der Waals surface area contributed by atoms with Crippen LogP contribution in [-0.4, -0.2) is 54.7 Å². The number of rotatable bonds is 6. The predicted molar refractivity (Wildman–Crippen MR) is 104 cm³/mol. The van der Waals surface area contributed by atoms with Crippen molar-refractivity contribution in [3.05, 3.63) is 21.4 Å². The number of alkyl halides is 3. The molecule has 3 aliphatic rings. The number of hydrogen-bond donors (Lipinski definition) is 2. The Morgan fingerprint density at radius 2 is 1.93 bits per heavy atom. The van der Waals surface area contributed by atoms with Crippen LogP contribution in [0, 0.1) is 6.92 Å². The minimum absolute atomic E-state index is 0.0475. The third-order valence-corrected chi connectivity index (χ3v) is 7.40. The van der Waals surface area contributed by atoms with Gasteiger partial charge in [0.2, 0.25) is 0 Å². The molecule has 0 spiro atoms. The predicted octanol–water partition coefficient (Wildman–Crippen LogP) is 3.81. The van der Waals surface area contributed by atoms with E-state index in [1.165, 1.54) is 29.0 Å². The van der Waals surface area contributed by atoms with Gasteiger partial charge in [0, 0.05) is 46.9 Å². The van der Waals surface area contributed by atoms with E-state index in [0.717, 1.165) is 16.9 Å². The van der Waals surface area contributed by atoms with Crippen LogP contribution >= 0.6 is 11.3 Å². The molecule has 1 aromatic heterocycles. The molecule has 2 aliphatic carbocycles. The molecule has 1 aromatic rings. The van der Waals surface area contributed by atoms with E-state index >= 15 is 0 Å². The highest BCUT2D eigenvalue weighted by Gasteiger charge is 2.41. The second kappa shape index (κ2) is 7.95. The fourth-order valence-corrected chi connectivity index (χ4v) is 5.44. The van der Waals surface area contributed by atoms with Crippen molar-refractivity contribution < 1.29 is 18.0 Å². The molecule has 2 heterocycles. The normalized spacial score (nSPS) is 26.9. The number of nitrogens with zero attached hydrogens (tertiary/aromatic N) is 1. The van der Waals surface area contributed by atoms with Crippen molar-refractivity contribution >= 4 is 17.2 Å². The van der Waals surface area contributed by atoms with Crippen LogP contribution in [0.15, 0.2) is 6.07 Å². The van der Waals surface area contributed by atoms with E-state index in [1.54, 1.807) is 11.3 Å². The van der Waals surface area contributed by atoms with Crippen LogP contribution in [0.1, 0.15) is 64.6 Å². The topological polar surface area (TPSA) is 44.4 Å². The monoisotopic (exact) mass is 415 g/mol. The third-order valence-electron chi connectivity index (χ3n) is 6.22. The number of likely N-dealkylation sites (tertiary alicyclic amines) is 1. The number of piperidine rings is 1. The van der Waals surface area contributed by atoms with Gasteiger partial charge in [-0.2, -0.15) is 13.2 Å². The summed E-state index contributed by atoms with van der Waals surface area (Å²) in [4.78, 5) is 16.4. The molecule has 0 bridgehead atoms. The van der Waals surface area contributed by atoms with Gasteiger partial charge in [-0.25, -0.2) is 0 Å². The minimum Gasteiger partial charge on any atom is -0.349 e. The summed E-state index contributed by atoms with van der Waals surface area (Å²) < 4.78 is 37.5. The van der Waals surface area contributed by atoms with Crippen LogP contribution in [-0.2, 0) is 0 Å². The van der Waals surface area contributed by atoms with Gasteiger partial charge in [-0.15, -0.1) is 11.3 Å². The van der Waals surface area contributed by atoms with E-state index < -0.39 is 12.7 Å². The van der Waals surface area contributed by atoms with Crippen LogP contribution < -0.4 is 10.6 Å². The molecular weight excluding hydrogens is 387 g/mol. The summed E-state index contributed by atoms with van der Waals surface area (Å²) in [5.41, 5.74) is 0.729. The number of nitrogens with one attached hydrogen (secondary N) is 2. The molecule has 3 fully saturated rings. The van der Waals surface area contributed by atoms with Gasteiger partial charge in [0.15, 0.2) is 0 Å². The Morgan fingerprint density at radius 3 is 2.54 bits per heavy atom. The van der Waals surface area contributed by atoms with E-state index in [4.69, 9.17) is 0 Å². The van der Waals surface area contributed by atoms with Crippen LogP contribution in [0.2, 0.25) is 0 Å². The van der Waals surface area contributed by atoms with Crippen LogP contribution in [0.4, 0.5) is 13.2 Å². The van der Waals surface area contributed by atoms with Crippen molar-refractivity contribution in [2.24, 2.45) is 0 Å². The Kier molecular flexibility index (Phi) is 5.73. The van der Waals surface area contributed by atoms with Gasteiger partial charge in [0.05, 0.1) is 12.1 Å². The molecule has 1 amide bonds. The zero-order valence-corrected chi connectivity index (χ0v) is 17.0. The first-order valence-electron chi connectivity index (χ1n) is 10.2. The Balaban J connectivity index is 1.27. The van der Waals surface area contributed by atoms with Gasteiger partial charge in [-0.05, 0) is 45.1 Å². The van der Waals surface area contributed by atoms with Gasteiger partial charge in [-0.3, -0.25) is 9.69 Å². The van der Waals surface area contributed by atoms with Crippen LogP contribution in [0.25, 0.3) is 0 Å². The summed E-state index contributed by atoms with van der Waals surface area (Å²) in [5.74, 6) is 0.440. The summed E-state index contributed by atoms with van der Waals surface area (Å²) in [6, 6.07) is 3.22.